The summed E-state index contributed by atoms with van der Waals surface area (Å²) in [6, 6.07) is 8.83. The Balaban J connectivity index is 1.96. The van der Waals surface area contributed by atoms with Crippen LogP contribution < -0.4 is 4.74 Å². The summed E-state index contributed by atoms with van der Waals surface area (Å²) in [5, 5.41) is 21.2. The highest BCUT2D eigenvalue weighted by Gasteiger charge is 2.46. The minimum atomic E-state index is -0.876. The van der Waals surface area contributed by atoms with Gasteiger partial charge >= 0.3 is 0 Å². The lowest BCUT2D eigenvalue weighted by atomic mass is 9.95. The van der Waals surface area contributed by atoms with Gasteiger partial charge in [-0.3, -0.25) is 9.59 Å². The van der Waals surface area contributed by atoms with Crippen molar-refractivity contribution in [1.82, 2.24) is 9.80 Å². The van der Waals surface area contributed by atoms with Crippen LogP contribution in [0.3, 0.4) is 0 Å². The number of Topliss-reactive ketones (excluding diaryl/α,β-unsaturated/α-hetero) is 1. The van der Waals surface area contributed by atoms with Crippen LogP contribution in [0, 0.1) is 5.82 Å². The van der Waals surface area contributed by atoms with Crippen LogP contribution in [0.1, 0.15) is 63.1 Å². The molecule has 3 rings (SSSR count). The lowest BCUT2D eigenvalue weighted by Crippen LogP contribution is -2.34. The molecule has 2 aromatic carbocycles. The lowest BCUT2D eigenvalue weighted by molar-refractivity contribution is -0.140. The van der Waals surface area contributed by atoms with Crippen LogP contribution >= 0.6 is 0 Å². The number of halogens is 1. The first kappa shape index (κ1) is 28.2. The summed E-state index contributed by atoms with van der Waals surface area (Å²) in [6.45, 7) is 7.38. The van der Waals surface area contributed by atoms with Gasteiger partial charge in [-0.1, -0.05) is 32.8 Å². The molecule has 1 atom stereocenters. The molecule has 0 radical (unpaired) electrons. The number of rotatable bonds is 13. The fraction of sp³-hybridized carbons (Fsp3) is 0.448. The van der Waals surface area contributed by atoms with Crippen molar-refractivity contribution in [3.05, 3.63) is 65.0 Å². The fourth-order valence-corrected chi connectivity index (χ4v) is 4.65. The molecule has 1 amide bonds. The molecular formula is C29H37FN2O5. The van der Waals surface area contributed by atoms with Crippen molar-refractivity contribution >= 4 is 17.4 Å². The number of phenolic OH excluding ortho intramolecular Hbond substituents is 1. The Labute approximate surface area is 218 Å². The number of unbranched alkanes of at least 4 members (excludes halogenated alkanes) is 2. The molecule has 1 fully saturated rings. The van der Waals surface area contributed by atoms with Crippen molar-refractivity contribution in [2.75, 3.05) is 33.3 Å². The molecule has 0 spiro atoms. The average molecular weight is 513 g/mol. The number of amides is 1. The van der Waals surface area contributed by atoms with Crippen LogP contribution in [0.25, 0.3) is 5.76 Å². The molecular weight excluding hydrogens is 475 g/mol. The highest BCUT2D eigenvalue weighted by molar-refractivity contribution is 6.46. The maximum absolute atomic E-state index is 13.5. The van der Waals surface area contributed by atoms with E-state index in [0.717, 1.165) is 45.3 Å². The van der Waals surface area contributed by atoms with E-state index in [9.17, 15) is 24.2 Å². The number of likely N-dealkylation sites (tertiary alicyclic amines) is 1. The summed E-state index contributed by atoms with van der Waals surface area (Å²) in [6.07, 6.45) is 5.05. The molecule has 1 heterocycles. The molecule has 0 saturated carbocycles. The quantitative estimate of drug-likeness (QED) is 0.216. The van der Waals surface area contributed by atoms with E-state index < -0.39 is 23.5 Å². The number of aliphatic hydroxyl groups is 1. The molecule has 200 valence electrons. The summed E-state index contributed by atoms with van der Waals surface area (Å²) in [5.74, 6) is -2.24. The molecule has 2 N–H and O–H groups in total. The zero-order valence-corrected chi connectivity index (χ0v) is 21.9. The predicted octanol–water partition coefficient (Wildman–Crippen LogP) is 5.25. The highest BCUT2D eigenvalue weighted by Crippen LogP contribution is 2.41. The fourth-order valence-electron chi connectivity index (χ4n) is 4.65. The van der Waals surface area contributed by atoms with Gasteiger partial charge in [-0.05, 0) is 80.9 Å². The number of ketones is 1. The van der Waals surface area contributed by atoms with Crippen LogP contribution in [-0.4, -0.2) is 65.0 Å². The zero-order valence-electron chi connectivity index (χ0n) is 21.9. The van der Waals surface area contributed by atoms with Crippen LogP contribution in [0.15, 0.2) is 48.0 Å². The van der Waals surface area contributed by atoms with E-state index in [1.807, 2.05) is 0 Å². The van der Waals surface area contributed by atoms with Gasteiger partial charge < -0.3 is 24.7 Å². The second kappa shape index (κ2) is 13.2. The summed E-state index contributed by atoms with van der Waals surface area (Å²) >= 11 is 0. The Morgan fingerprint density at radius 1 is 1.00 bits per heavy atom. The van der Waals surface area contributed by atoms with Crippen molar-refractivity contribution < 1.29 is 28.9 Å². The number of aliphatic hydroxyl groups excluding tert-OH is 1. The van der Waals surface area contributed by atoms with Gasteiger partial charge in [-0.25, -0.2) is 4.39 Å². The number of phenols is 1. The molecule has 1 saturated heterocycles. The van der Waals surface area contributed by atoms with Gasteiger partial charge in [0.05, 0.1) is 18.7 Å². The number of hydrogen-bond acceptors (Lipinski definition) is 6. The van der Waals surface area contributed by atoms with Crippen molar-refractivity contribution in [2.45, 2.75) is 52.0 Å². The number of hydrogen-bond donors (Lipinski definition) is 2. The smallest absolute Gasteiger partial charge is 0.295 e. The van der Waals surface area contributed by atoms with E-state index in [2.05, 4.69) is 18.7 Å². The number of nitrogens with zero attached hydrogens (tertiary/aromatic N) is 2. The number of carbonyl (C=O) groups excluding carboxylic acids is 2. The van der Waals surface area contributed by atoms with Crippen LogP contribution in [0.2, 0.25) is 0 Å². The van der Waals surface area contributed by atoms with E-state index >= 15 is 0 Å². The Bertz CT molecular complexity index is 1110. The molecule has 8 heteroatoms. The van der Waals surface area contributed by atoms with Gasteiger partial charge in [0.2, 0.25) is 0 Å². The maximum atomic E-state index is 13.5. The number of aromatic hydroxyl groups is 1. The van der Waals surface area contributed by atoms with E-state index in [1.54, 1.807) is 12.1 Å². The predicted molar refractivity (Wildman–Crippen MR) is 141 cm³/mol. The summed E-state index contributed by atoms with van der Waals surface area (Å²) in [4.78, 5) is 30.3. The Kier molecular flexibility index (Phi) is 10.1. The van der Waals surface area contributed by atoms with Gasteiger partial charge in [0.1, 0.15) is 11.6 Å². The first-order valence-corrected chi connectivity index (χ1v) is 13.0. The molecule has 0 aliphatic carbocycles. The highest BCUT2D eigenvalue weighted by atomic mass is 19.1. The summed E-state index contributed by atoms with van der Waals surface area (Å²) < 4.78 is 18.7. The Morgan fingerprint density at radius 2 is 1.62 bits per heavy atom. The lowest BCUT2D eigenvalue weighted by Gasteiger charge is -2.27. The number of ether oxygens (including phenoxy) is 1. The summed E-state index contributed by atoms with van der Waals surface area (Å²) in [5.41, 5.74) is 0.685. The second-order valence-electron chi connectivity index (χ2n) is 9.33. The van der Waals surface area contributed by atoms with Gasteiger partial charge in [0.15, 0.2) is 11.5 Å². The third-order valence-electron chi connectivity index (χ3n) is 6.71. The van der Waals surface area contributed by atoms with Crippen molar-refractivity contribution in [1.29, 1.82) is 0 Å². The zero-order chi connectivity index (χ0) is 26.9. The number of carbonyl (C=O) groups is 2. The van der Waals surface area contributed by atoms with Crippen LogP contribution in [0.5, 0.6) is 11.5 Å². The van der Waals surface area contributed by atoms with E-state index in [-0.39, 0.29) is 28.4 Å². The van der Waals surface area contributed by atoms with Gasteiger partial charge in [0.25, 0.3) is 11.7 Å². The first-order chi connectivity index (χ1) is 17.8. The van der Waals surface area contributed by atoms with Crippen molar-refractivity contribution in [2.24, 2.45) is 0 Å². The van der Waals surface area contributed by atoms with Crippen molar-refractivity contribution in [3.8, 4) is 11.5 Å². The SMILES string of the molecule is CCCCN(CCCC)CCCN1C(=O)C(=O)/C(=C(\O)c2ccc(F)cc2)C1c1ccc(O)c(OC)c1. The first-order valence-electron chi connectivity index (χ1n) is 13.0. The normalized spacial score (nSPS) is 17.1. The van der Waals surface area contributed by atoms with Crippen LogP contribution in [0.4, 0.5) is 4.39 Å². The molecule has 1 aliphatic rings. The second-order valence-corrected chi connectivity index (χ2v) is 9.33. The monoisotopic (exact) mass is 512 g/mol. The molecule has 0 aromatic heterocycles. The Morgan fingerprint density at radius 3 is 2.22 bits per heavy atom. The van der Waals surface area contributed by atoms with Gasteiger partial charge in [0, 0.05) is 12.1 Å². The molecule has 37 heavy (non-hydrogen) atoms. The van der Waals surface area contributed by atoms with E-state index in [4.69, 9.17) is 4.74 Å². The van der Waals surface area contributed by atoms with E-state index in [0.29, 0.717) is 18.5 Å². The molecule has 1 aliphatic heterocycles. The summed E-state index contributed by atoms with van der Waals surface area (Å²) in [7, 11) is 1.41. The van der Waals surface area contributed by atoms with Gasteiger partial charge in [-0.2, -0.15) is 0 Å². The molecule has 7 nitrogen and oxygen atoms in total. The minimum Gasteiger partial charge on any atom is -0.507 e. The molecule has 1 unspecified atom stereocenters. The third kappa shape index (κ3) is 6.68. The molecule has 2 aromatic rings. The number of benzene rings is 2. The van der Waals surface area contributed by atoms with Crippen molar-refractivity contribution in [3.63, 3.8) is 0 Å². The average Bonchev–Trinajstić information content (AvgIpc) is 3.15. The minimum absolute atomic E-state index is 0.0711. The maximum Gasteiger partial charge on any atom is 0.295 e. The largest absolute Gasteiger partial charge is 0.507 e. The van der Waals surface area contributed by atoms with E-state index in [1.165, 1.54) is 42.3 Å². The Hall–Kier alpha value is -3.39. The van der Waals surface area contributed by atoms with Gasteiger partial charge in [-0.15, -0.1) is 0 Å². The molecule has 0 bridgehead atoms. The number of methoxy groups -OCH3 is 1. The third-order valence-corrected chi connectivity index (χ3v) is 6.71. The topological polar surface area (TPSA) is 90.3 Å². The van der Waals surface area contributed by atoms with Crippen LogP contribution in [-0.2, 0) is 9.59 Å². The standard InChI is InChI=1S/C29H37FN2O5/c1-4-6-15-31(16-7-5-2)17-8-18-32-26(21-11-14-23(33)24(19-21)37-3)25(28(35)29(32)36)27(34)20-9-12-22(30)13-10-20/h9-14,19,26,33-34H,4-8,15-18H2,1-3H3/b27-25-.